The molecule has 0 aliphatic carbocycles. The van der Waals surface area contributed by atoms with E-state index >= 15 is 0 Å². The molecule has 0 amide bonds. The van der Waals surface area contributed by atoms with Crippen molar-refractivity contribution in [3.05, 3.63) is 158 Å². The number of carbonyl (C=O) groups excluding carboxylic acids is 4. The van der Waals surface area contributed by atoms with E-state index in [-0.39, 0.29) is 25.7 Å². The van der Waals surface area contributed by atoms with Gasteiger partial charge in [-0.3, -0.25) is 37.3 Å². The molecular weight excluding hydrogens is 1400 g/mol. The number of ether oxygens (including phenoxy) is 4. The van der Waals surface area contributed by atoms with Gasteiger partial charge in [-0.1, -0.05) is 288 Å². The van der Waals surface area contributed by atoms with E-state index in [1.165, 1.54) is 32.1 Å². The lowest BCUT2D eigenvalue weighted by molar-refractivity contribution is -0.161. The summed E-state index contributed by atoms with van der Waals surface area (Å²) in [5.41, 5.74) is 0. The molecule has 3 N–H and O–H groups in total. The number of phosphoric acid groups is 2. The molecule has 0 bridgehead atoms. The zero-order chi connectivity index (χ0) is 78.9. The highest BCUT2D eigenvalue weighted by atomic mass is 31.2. The Balaban J connectivity index is 5.40. The van der Waals surface area contributed by atoms with Crippen molar-refractivity contribution in [1.29, 1.82) is 0 Å². The largest absolute Gasteiger partial charge is 0.472 e. The summed E-state index contributed by atoms with van der Waals surface area (Å²) in [5, 5.41) is 10.7. The molecule has 0 saturated heterocycles. The van der Waals surface area contributed by atoms with Gasteiger partial charge in [-0.2, -0.15) is 0 Å². The molecule has 0 aromatic carbocycles. The van der Waals surface area contributed by atoms with E-state index in [1.807, 2.05) is 0 Å². The lowest BCUT2D eigenvalue weighted by Crippen LogP contribution is -2.30. The molecule has 0 aromatic rings. The maximum absolute atomic E-state index is 13.1. The summed E-state index contributed by atoms with van der Waals surface area (Å²) in [4.78, 5) is 73.1. The van der Waals surface area contributed by atoms with Crippen LogP contribution in [-0.4, -0.2) is 96.7 Å². The Kier molecular flexibility index (Phi) is 75.8. The molecule has 0 aliphatic heterocycles. The fourth-order valence-corrected chi connectivity index (χ4v) is 12.2. The third-order valence-corrected chi connectivity index (χ3v) is 18.9. The predicted molar refractivity (Wildman–Crippen MR) is 445 cm³/mol. The van der Waals surface area contributed by atoms with E-state index in [4.69, 9.17) is 37.0 Å². The number of hydrogen-bond donors (Lipinski definition) is 3. The van der Waals surface area contributed by atoms with Gasteiger partial charge in [-0.25, -0.2) is 9.13 Å². The molecule has 0 aliphatic rings. The molecule has 5 atom stereocenters. The third kappa shape index (κ3) is 78.8. The fraction of sp³-hybridized carbons (Fsp3) is 0.663. The summed E-state index contributed by atoms with van der Waals surface area (Å²) in [6, 6.07) is 0. The average Bonchev–Trinajstić information content (AvgIpc) is 0.917. The van der Waals surface area contributed by atoms with Crippen LogP contribution in [0.1, 0.15) is 323 Å². The van der Waals surface area contributed by atoms with E-state index in [0.717, 1.165) is 212 Å². The van der Waals surface area contributed by atoms with Crippen LogP contribution in [0, 0.1) is 0 Å². The normalized spacial score (nSPS) is 14.6. The van der Waals surface area contributed by atoms with Gasteiger partial charge >= 0.3 is 39.5 Å². The van der Waals surface area contributed by atoms with Gasteiger partial charge in [0.15, 0.2) is 12.2 Å². The quantitative estimate of drug-likeness (QED) is 0.0169. The molecule has 0 saturated carbocycles. The summed E-state index contributed by atoms with van der Waals surface area (Å²) >= 11 is 0. The predicted octanol–water partition coefficient (Wildman–Crippen LogP) is 24.8. The summed E-state index contributed by atoms with van der Waals surface area (Å²) in [5.74, 6) is -2.25. The summed E-state index contributed by atoms with van der Waals surface area (Å²) in [7, 11) is -9.99. The Labute approximate surface area is 655 Å². The Morgan fingerprint density at radius 3 is 0.787 bits per heavy atom. The topological polar surface area (TPSA) is 237 Å². The molecule has 0 spiro atoms. The van der Waals surface area contributed by atoms with Crippen molar-refractivity contribution in [3.8, 4) is 0 Å². The second-order valence-corrected chi connectivity index (χ2v) is 30.2. The van der Waals surface area contributed by atoms with Gasteiger partial charge in [-0.05, 0) is 167 Å². The first-order chi connectivity index (χ1) is 52.7. The van der Waals surface area contributed by atoms with Crippen molar-refractivity contribution in [2.75, 3.05) is 39.6 Å². The SMILES string of the molecule is CC/C=C\C/C=C\C/C=C\C/C=C\C/C=C\CCCCCC(=O)OCC(COP(=O)(O)OCC(O)COP(=O)(O)OCC(COC(=O)CCCCCCCC/C=C\C/C=C\C/C=C\CCCCC)OC(=O)CCCCCCC/C=C\CCCC)OC(=O)CCCCCCCC/C=C\C/C=C\C/C=C\C/C=C\CC. The monoisotopic (exact) mass is 1550 g/mol. The minimum absolute atomic E-state index is 0.0655. The minimum Gasteiger partial charge on any atom is -0.462 e. The first-order valence-electron chi connectivity index (χ1n) is 41.7. The Bertz CT molecular complexity index is 2660. The summed E-state index contributed by atoms with van der Waals surface area (Å²) in [6.07, 6.45) is 93.5. The molecule has 0 fully saturated rings. The number of phosphoric ester groups is 2. The van der Waals surface area contributed by atoms with Gasteiger partial charge in [0.2, 0.25) is 0 Å². The van der Waals surface area contributed by atoms with Crippen molar-refractivity contribution in [3.63, 3.8) is 0 Å². The number of unbranched alkanes of at least 4 members (excludes halogenated alkanes) is 25. The van der Waals surface area contributed by atoms with Crippen LogP contribution in [0.25, 0.3) is 0 Å². The van der Waals surface area contributed by atoms with Crippen molar-refractivity contribution in [2.45, 2.75) is 341 Å². The number of esters is 4. The summed E-state index contributed by atoms with van der Waals surface area (Å²) in [6.45, 7) is 4.51. The Hall–Kier alpha value is -5.32. The van der Waals surface area contributed by atoms with E-state index in [0.29, 0.717) is 25.7 Å². The average molecular weight is 1550 g/mol. The number of hydrogen-bond acceptors (Lipinski definition) is 15. The van der Waals surface area contributed by atoms with Crippen molar-refractivity contribution in [2.24, 2.45) is 0 Å². The fourth-order valence-electron chi connectivity index (χ4n) is 10.6. The highest BCUT2D eigenvalue weighted by Gasteiger charge is 2.30. The summed E-state index contributed by atoms with van der Waals surface area (Å²) < 4.78 is 68.7. The van der Waals surface area contributed by atoms with Crippen LogP contribution in [0.3, 0.4) is 0 Å². The van der Waals surface area contributed by atoms with E-state index in [2.05, 4.69) is 186 Å². The highest BCUT2D eigenvalue weighted by Crippen LogP contribution is 2.45. The lowest BCUT2D eigenvalue weighted by Gasteiger charge is -2.21. The Morgan fingerprint density at radius 1 is 0.269 bits per heavy atom. The van der Waals surface area contributed by atoms with Gasteiger partial charge in [0.25, 0.3) is 0 Å². The number of aliphatic hydroxyl groups excluding tert-OH is 1. The standard InChI is InChI=1S/C89H148O17P2/c1-5-9-13-17-21-25-29-32-35-38-41-44-47-50-54-57-61-65-69-73-86(91)99-79-84(105-88(93)75-71-67-63-59-53-28-24-20-16-12-8-4)81-103-107(95,96)101-77-83(90)78-102-108(97,98)104-82-85(106-89(94)76-72-68-64-60-56-52-49-46-43-40-37-34-31-27-23-19-15-11-7-3)80-100-87(92)74-70-66-62-58-55-51-48-45-42-39-36-33-30-26-22-18-14-10-6-2/h10-11,14-15,20-27,32-37,41-46,51,55,83-85,90H,5-9,12-13,16-19,28-31,38-40,47-50,52-54,56-82H2,1-4H3,(H,95,96)(H,97,98)/b14-10-,15-11-,24-20-,25-21-,26-22-,27-23-,35-32-,36-33-,37-34-,44-41-,45-42-,46-43-,55-51-. The smallest absolute Gasteiger partial charge is 0.462 e. The first-order valence-corrected chi connectivity index (χ1v) is 44.7. The molecule has 0 aromatic heterocycles. The molecule has 5 unspecified atom stereocenters. The Morgan fingerprint density at radius 2 is 0.491 bits per heavy atom. The van der Waals surface area contributed by atoms with Crippen LogP contribution in [-0.2, 0) is 65.4 Å². The zero-order valence-corrected chi connectivity index (χ0v) is 69.3. The molecule has 108 heavy (non-hydrogen) atoms. The van der Waals surface area contributed by atoms with Gasteiger partial charge in [0.1, 0.15) is 19.3 Å². The molecule has 17 nitrogen and oxygen atoms in total. The van der Waals surface area contributed by atoms with Gasteiger partial charge in [0, 0.05) is 25.7 Å². The van der Waals surface area contributed by atoms with Crippen LogP contribution in [0.15, 0.2) is 158 Å². The molecular formula is C89H148O17P2. The van der Waals surface area contributed by atoms with Crippen molar-refractivity contribution < 1.29 is 80.2 Å². The zero-order valence-electron chi connectivity index (χ0n) is 67.5. The molecule has 0 rings (SSSR count). The second kappa shape index (κ2) is 79.8. The number of carbonyl (C=O) groups is 4. The molecule has 0 radical (unpaired) electrons. The van der Waals surface area contributed by atoms with E-state index in [9.17, 15) is 43.2 Å². The maximum Gasteiger partial charge on any atom is 0.472 e. The second-order valence-electron chi connectivity index (χ2n) is 27.3. The van der Waals surface area contributed by atoms with Crippen LogP contribution < -0.4 is 0 Å². The molecule has 19 heteroatoms. The molecule has 616 valence electrons. The lowest BCUT2D eigenvalue weighted by atomic mass is 10.1. The van der Waals surface area contributed by atoms with Gasteiger partial charge < -0.3 is 33.8 Å². The van der Waals surface area contributed by atoms with Crippen molar-refractivity contribution in [1.82, 2.24) is 0 Å². The number of allylic oxidation sites excluding steroid dienone is 26. The van der Waals surface area contributed by atoms with Crippen LogP contribution in [0.5, 0.6) is 0 Å². The van der Waals surface area contributed by atoms with E-state index < -0.39 is 97.5 Å². The minimum atomic E-state index is -5.00. The van der Waals surface area contributed by atoms with Gasteiger partial charge in [-0.15, -0.1) is 0 Å². The van der Waals surface area contributed by atoms with Crippen LogP contribution >= 0.6 is 15.6 Å². The number of rotatable bonds is 77. The van der Waals surface area contributed by atoms with Crippen molar-refractivity contribution >= 4 is 39.5 Å². The third-order valence-electron chi connectivity index (χ3n) is 17.0. The molecule has 0 heterocycles. The van der Waals surface area contributed by atoms with Gasteiger partial charge in [0.05, 0.1) is 26.4 Å². The highest BCUT2D eigenvalue weighted by molar-refractivity contribution is 7.47. The first kappa shape index (κ1) is 103. The van der Waals surface area contributed by atoms with E-state index in [1.54, 1.807) is 0 Å². The number of aliphatic hydroxyl groups is 1. The van der Waals surface area contributed by atoms with Crippen LogP contribution in [0.4, 0.5) is 0 Å². The maximum atomic E-state index is 13.1. The van der Waals surface area contributed by atoms with Crippen LogP contribution in [0.2, 0.25) is 0 Å².